The van der Waals surface area contributed by atoms with E-state index >= 15 is 0 Å². The van der Waals surface area contributed by atoms with Gasteiger partial charge in [0.15, 0.2) is 5.82 Å². The summed E-state index contributed by atoms with van der Waals surface area (Å²) in [7, 11) is 0. The van der Waals surface area contributed by atoms with Gasteiger partial charge in [0, 0.05) is 11.2 Å². The van der Waals surface area contributed by atoms with Crippen molar-refractivity contribution in [3.05, 3.63) is 104 Å². The fourth-order valence-corrected chi connectivity index (χ4v) is 4.05. The maximum absolute atomic E-state index is 12.8. The molecule has 0 spiro atoms. The molecule has 3 aromatic heterocycles. The van der Waals surface area contributed by atoms with E-state index < -0.39 is 5.63 Å². The normalized spacial score (nSPS) is 11.1. The molecule has 178 valence electrons. The van der Waals surface area contributed by atoms with Crippen molar-refractivity contribution in [3.63, 3.8) is 0 Å². The Kier molecular flexibility index (Phi) is 6.53. The summed E-state index contributed by atoms with van der Waals surface area (Å²) >= 11 is 12.3. The highest BCUT2D eigenvalue weighted by Gasteiger charge is 2.20. The summed E-state index contributed by atoms with van der Waals surface area (Å²) in [4.78, 5) is 21.8. The fourth-order valence-electron chi connectivity index (χ4n) is 3.73. The van der Waals surface area contributed by atoms with Gasteiger partial charge in [-0.25, -0.2) is 19.4 Å². The molecule has 2 aromatic carbocycles. The molecule has 0 bridgehead atoms. The summed E-state index contributed by atoms with van der Waals surface area (Å²) in [5.74, 6) is 0.387. The number of nitrogens with zero attached hydrogens (tertiary/aromatic N) is 5. The minimum Gasteiger partial charge on any atom is -0.401 e. The van der Waals surface area contributed by atoms with Crippen LogP contribution >= 0.6 is 23.2 Å². The zero-order chi connectivity index (χ0) is 25.2. The van der Waals surface area contributed by atoms with E-state index in [-0.39, 0.29) is 17.9 Å². The number of rotatable bonds is 6. The maximum atomic E-state index is 12.8. The molecule has 36 heavy (non-hydrogen) atoms. The van der Waals surface area contributed by atoms with Crippen LogP contribution in [0.3, 0.4) is 0 Å². The van der Waals surface area contributed by atoms with Crippen LogP contribution in [0.4, 0.5) is 0 Å². The number of fused-ring (bicyclic) bond motifs is 1. The molecular weight excluding hydrogens is 501 g/mol. The summed E-state index contributed by atoms with van der Waals surface area (Å²) in [5, 5.41) is 15.1. The predicted octanol–water partition coefficient (Wildman–Crippen LogP) is 5.64. The summed E-state index contributed by atoms with van der Waals surface area (Å²) in [5.41, 5.74) is 2.74. The SMILES string of the molecule is Cc1cc(C#N)cc2c(=O)oc(-c3cc(COCc4ccc(Cl)cc4)nn3-c3ncccc3Cl)nc12. The fraction of sp³-hybridized carbons (Fsp3) is 0.115. The van der Waals surface area contributed by atoms with Crippen LogP contribution in [0, 0.1) is 18.3 Å². The number of ether oxygens (including phenoxy) is 1. The van der Waals surface area contributed by atoms with Gasteiger partial charge in [0.2, 0.25) is 5.89 Å². The molecule has 8 nitrogen and oxygen atoms in total. The van der Waals surface area contributed by atoms with Gasteiger partial charge in [-0.1, -0.05) is 35.3 Å². The van der Waals surface area contributed by atoms with Gasteiger partial charge in [0.1, 0.15) is 5.69 Å². The van der Waals surface area contributed by atoms with Gasteiger partial charge in [-0.3, -0.25) is 0 Å². The highest BCUT2D eigenvalue weighted by Crippen LogP contribution is 2.27. The van der Waals surface area contributed by atoms with Crippen molar-refractivity contribution >= 4 is 34.1 Å². The van der Waals surface area contributed by atoms with Crippen LogP contribution in [0.25, 0.3) is 28.3 Å². The van der Waals surface area contributed by atoms with Gasteiger partial charge < -0.3 is 9.15 Å². The lowest BCUT2D eigenvalue weighted by Gasteiger charge is -2.08. The van der Waals surface area contributed by atoms with Crippen molar-refractivity contribution in [2.75, 3.05) is 0 Å². The van der Waals surface area contributed by atoms with Crippen molar-refractivity contribution in [1.29, 1.82) is 5.26 Å². The zero-order valence-corrected chi connectivity index (χ0v) is 20.4. The van der Waals surface area contributed by atoms with Crippen molar-refractivity contribution in [2.45, 2.75) is 20.1 Å². The monoisotopic (exact) mass is 517 g/mol. The minimum absolute atomic E-state index is 0.0403. The Morgan fingerprint density at radius 3 is 2.67 bits per heavy atom. The van der Waals surface area contributed by atoms with Crippen molar-refractivity contribution in [1.82, 2.24) is 19.7 Å². The molecule has 10 heteroatoms. The second kappa shape index (κ2) is 9.91. The first-order valence-electron chi connectivity index (χ1n) is 10.8. The Morgan fingerprint density at radius 1 is 1.11 bits per heavy atom. The van der Waals surface area contributed by atoms with Gasteiger partial charge in [0.25, 0.3) is 0 Å². The molecule has 5 aromatic rings. The molecule has 0 saturated heterocycles. The topological polar surface area (TPSA) is 107 Å². The number of nitriles is 1. The van der Waals surface area contributed by atoms with Gasteiger partial charge in [-0.05, 0) is 60.5 Å². The van der Waals surface area contributed by atoms with Crippen LogP contribution < -0.4 is 5.63 Å². The van der Waals surface area contributed by atoms with Gasteiger partial charge >= 0.3 is 5.63 Å². The number of hydrogen-bond acceptors (Lipinski definition) is 7. The first kappa shape index (κ1) is 23.7. The van der Waals surface area contributed by atoms with E-state index in [0.717, 1.165) is 5.56 Å². The molecule has 0 amide bonds. The van der Waals surface area contributed by atoms with Gasteiger partial charge in [0.05, 0.1) is 46.5 Å². The quantitative estimate of drug-likeness (QED) is 0.286. The Morgan fingerprint density at radius 2 is 1.92 bits per heavy atom. The second-order valence-electron chi connectivity index (χ2n) is 7.97. The van der Waals surface area contributed by atoms with Crippen LogP contribution in [0.5, 0.6) is 0 Å². The average Bonchev–Trinajstić information content (AvgIpc) is 3.29. The molecular formula is C26H17Cl2N5O3. The van der Waals surface area contributed by atoms with E-state index in [1.807, 2.05) is 18.2 Å². The van der Waals surface area contributed by atoms with Crippen LogP contribution in [-0.4, -0.2) is 19.7 Å². The smallest absolute Gasteiger partial charge is 0.347 e. The van der Waals surface area contributed by atoms with E-state index in [1.165, 1.54) is 10.7 Å². The lowest BCUT2D eigenvalue weighted by Crippen LogP contribution is -2.08. The standard InChI is InChI=1S/C26H17Cl2N5O3/c1-15-9-17(12-29)10-20-23(15)31-25(36-26(20)34)22-11-19(14-35-13-16-4-6-18(27)7-5-16)32-33(22)24-21(28)3-2-8-30-24/h2-11H,13-14H2,1H3. The predicted molar refractivity (Wildman–Crippen MR) is 135 cm³/mol. The molecule has 0 atom stereocenters. The van der Waals surface area contributed by atoms with E-state index in [9.17, 15) is 10.1 Å². The molecule has 0 fully saturated rings. The molecule has 0 aliphatic rings. The minimum atomic E-state index is -0.615. The Balaban J connectivity index is 1.56. The third kappa shape index (κ3) is 4.72. The molecule has 3 heterocycles. The van der Waals surface area contributed by atoms with Crippen LogP contribution in [0.15, 0.2) is 70.0 Å². The summed E-state index contributed by atoms with van der Waals surface area (Å²) in [6.07, 6.45) is 1.58. The molecule has 0 N–H and O–H groups in total. The lowest BCUT2D eigenvalue weighted by atomic mass is 10.1. The Hall–Kier alpha value is -4.03. The first-order valence-corrected chi connectivity index (χ1v) is 11.6. The number of hydrogen-bond donors (Lipinski definition) is 0. The average molecular weight is 518 g/mol. The largest absolute Gasteiger partial charge is 0.401 e. The Labute approximate surface area is 215 Å². The van der Waals surface area contributed by atoms with Crippen molar-refractivity contribution in [2.24, 2.45) is 0 Å². The molecule has 0 radical (unpaired) electrons. The molecule has 0 unspecified atom stereocenters. The number of pyridine rings is 1. The maximum Gasteiger partial charge on any atom is 0.347 e. The summed E-state index contributed by atoms with van der Waals surface area (Å²) in [6, 6.07) is 17.6. The van der Waals surface area contributed by atoms with Gasteiger partial charge in [-0.15, -0.1) is 0 Å². The van der Waals surface area contributed by atoms with E-state index in [0.29, 0.717) is 50.5 Å². The van der Waals surface area contributed by atoms with E-state index in [2.05, 4.69) is 15.1 Å². The zero-order valence-electron chi connectivity index (χ0n) is 18.9. The number of aryl methyl sites for hydroxylation is 1. The number of aromatic nitrogens is 4. The summed E-state index contributed by atoms with van der Waals surface area (Å²) in [6.45, 7) is 2.31. The first-order chi connectivity index (χ1) is 17.4. The number of halogens is 2. The van der Waals surface area contributed by atoms with E-state index in [4.69, 9.17) is 32.4 Å². The van der Waals surface area contributed by atoms with Crippen LogP contribution in [0.2, 0.25) is 10.0 Å². The van der Waals surface area contributed by atoms with Crippen molar-refractivity contribution in [3.8, 4) is 23.5 Å². The highest BCUT2D eigenvalue weighted by molar-refractivity contribution is 6.32. The van der Waals surface area contributed by atoms with Crippen molar-refractivity contribution < 1.29 is 9.15 Å². The van der Waals surface area contributed by atoms with Crippen LogP contribution in [-0.2, 0) is 18.0 Å². The third-order valence-corrected chi connectivity index (χ3v) is 5.95. The third-order valence-electron chi connectivity index (χ3n) is 5.40. The molecule has 0 saturated carbocycles. The lowest BCUT2D eigenvalue weighted by molar-refractivity contribution is 0.104. The molecule has 0 aliphatic heterocycles. The Bertz CT molecular complexity index is 1690. The van der Waals surface area contributed by atoms with E-state index in [1.54, 1.807) is 49.5 Å². The molecule has 5 rings (SSSR count). The van der Waals surface area contributed by atoms with Gasteiger partial charge in [-0.2, -0.15) is 10.4 Å². The van der Waals surface area contributed by atoms with Crippen LogP contribution in [0.1, 0.15) is 22.4 Å². The second-order valence-corrected chi connectivity index (χ2v) is 8.81. The highest BCUT2D eigenvalue weighted by atomic mass is 35.5. The number of benzene rings is 2. The molecule has 0 aliphatic carbocycles. The summed E-state index contributed by atoms with van der Waals surface area (Å²) < 4.78 is 12.9.